The Balaban J connectivity index is 1.34. The summed E-state index contributed by atoms with van der Waals surface area (Å²) in [4.78, 5) is 12.0. The van der Waals surface area contributed by atoms with E-state index >= 15 is 0 Å². The number of hydrogen-bond donors (Lipinski definition) is 0. The van der Waals surface area contributed by atoms with Gasteiger partial charge in [0.15, 0.2) is 0 Å². The molecule has 3 heterocycles. The summed E-state index contributed by atoms with van der Waals surface area (Å²) >= 11 is 0. The van der Waals surface area contributed by atoms with E-state index in [1.54, 1.807) is 0 Å². The van der Waals surface area contributed by atoms with E-state index in [9.17, 15) is 9.46 Å². The third kappa shape index (κ3) is 12.2. The predicted molar refractivity (Wildman–Crippen MR) is 127 cm³/mol. The summed E-state index contributed by atoms with van der Waals surface area (Å²) in [6.45, 7) is 7.18. The van der Waals surface area contributed by atoms with Gasteiger partial charge in [-0.05, 0) is 31.6 Å². The molecule has 2 bridgehead atoms. The fourth-order valence-corrected chi connectivity index (χ4v) is 6.06. The zero-order valence-corrected chi connectivity index (χ0v) is 21.3. The van der Waals surface area contributed by atoms with E-state index < -0.39 is 7.82 Å². The standard InChI is InChI=1S/C25H50NO4P/c1-2-3-4-5-6-7-8-9-10-11-12-13-14-15-23-29-31(27,28)30-24-22-26-19-16-25(17-20-26)18-21-26/h25H,2-24H2,1H3. The number of piperidine rings is 3. The van der Waals surface area contributed by atoms with Crippen molar-refractivity contribution in [2.75, 3.05) is 39.4 Å². The van der Waals surface area contributed by atoms with Crippen LogP contribution in [-0.2, 0) is 13.6 Å². The Labute approximate surface area is 192 Å². The predicted octanol–water partition coefficient (Wildman–Crippen LogP) is 6.60. The van der Waals surface area contributed by atoms with Gasteiger partial charge in [-0.25, -0.2) is 0 Å². The maximum absolute atomic E-state index is 12.0. The van der Waals surface area contributed by atoms with Gasteiger partial charge in [0.25, 0.3) is 7.82 Å². The van der Waals surface area contributed by atoms with Crippen molar-refractivity contribution in [1.82, 2.24) is 0 Å². The van der Waals surface area contributed by atoms with Crippen LogP contribution in [0.5, 0.6) is 0 Å². The number of nitrogens with zero attached hydrogens (tertiary/aromatic N) is 1. The molecular formula is C25H50NO4P. The van der Waals surface area contributed by atoms with Gasteiger partial charge in [0, 0.05) is 0 Å². The minimum absolute atomic E-state index is 0.264. The van der Waals surface area contributed by atoms with E-state index in [1.165, 1.54) is 116 Å². The Kier molecular flexibility index (Phi) is 13.9. The molecule has 0 aromatic heterocycles. The van der Waals surface area contributed by atoms with Gasteiger partial charge in [0.2, 0.25) is 0 Å². The van der Waals surface area contributed by atoms with Gasteiger partial charge in [-0.2, -0.15) is 0 Å². The molecule has 1 atom stereocenters. The summed E-state index contributed by atoms with van der Waals surface area (Å²) < 4.78 is 23.3. The molecule has 3 rings (SSSR count). The monoisotopic (exact) mass is 459 g/mol. The lowest BCUT2D eigenvalue weighted by atomic mass is 9.86. The van der Waals surface area contributed by atoms with Crippen molar-refractivity contribution in [2.24, 2.45) is 5.92 Å². The summed E-state index contributed by atoms with van der Waals surface area (Å²) in [5.41, 5.74) is 0. The molecule has 0 amide bonds. The maximum atomic E-state index is 12.0. The van der Waals surface area contributed by atoms with Crippen molar-refractivity contribution in [3.63, 3.8) is 0 Å². The molecule has 1 unspecified atom stereocenters. The van der Waals surface area contributed by atoms with Crippen LogP contribution in [0.25, 0.3) is 0 Å². The quantitative estimate of drug-likeness (QED) is 0.117. The minimum atomic E-state index is -4.13. The van der Waals surface area contributed by atoms with Crippen LogP contribution in [0.1, 0.15) is 116 Å². The first-order valence-corrected chi connectivity index (χ1v) is 15.0. The van der Waals surface area contributed by atoms with Crippen LogP contribution in [-0.4, -0.2) is 43.9 Å². The maximum Gasteiger partial charge on any atom is 0.268 e. The number of phosphoric ester groups is 1. The number of fused-ring (bicyclic) bond motifs is 3. The molecule has 0 spiro atoms. The fourth-order valence-electron chi connectivity index (χ4n) is 5.33. The molecule has 0 radical (unpaired) electrons. The lowest BCUT2D eigenvalue weighted by molar-refractivity contribution is -0.942. The van der Waals surface area contributed by atoms with Crippen molar-refractivity contribution in [3.8, 4) is 0 Å². The molecule has 0 aromatic carbocycles. The van der Waals surface area contributed by atoms with E-state index in [0.717, 1.165) is 29.8 Å². The first kappa shape index (κ1) is 27.3. The number of rotatable bonds is 20. The molecule has 0 N–H and O–H groups in total. The fraction of sp³-hybridized carbons (Fsp3) is 1.00. The average molecular weight is 460 g/mol. The second-order valence-electron chi connectivity index (χ2n) is 10.2. The molecule has 0 aromatic rings. The molecule has 3 aliphatic rings. The molecule has 5 nitrogen and oxygen atoms in total. The van der Waals surface area contributed by atoms with E-state index in [0.29, 0.717) is 0 Å². The van der Waals surface area contributed by atoms with Gasteiger partial charge in [-0.3, -0.25) is 4.57 Å². The molecule has 3 saturated heterocycles. The van der Waals surface area contributed by atoms with Gasteiger partial charge in [0.1, 0.15) is 13.2 Å². The zero-order valence-electron chi connectivity index (χ0n) is 20.4. The van der Waals surface area contributed by atoms with Gasteiger partial charge >= 0.3 is 0 Å². The lowest BCUT2D eigenvalue weighted by Crippen LogP contribution is -2.59. The summed E-state index contributed by atoms with van der Waals surface area (Å²) in [5, 5.41) is 0. The van der Waals surface area contributed by atoms with Gasteiger partial charge in [0.05, 0.1) is 26.2 Å². The molecule has 184 valence electrons. The molecule has 31 heavy (non-hydrogen) atoms. The van der Waals surface area contributed by atoms with Crippen LogP contribution < -0.4 is 4.89 Å². The van der Waals surface area contributed by atoms with Crippen molar-refractivity contribution < 1.29 is 23.0 Å². The topological polar surface area (TPSA) is 58.6 Å². The second-order valence-corrected chi connectivity index (χ2v) is 11.6. The van der Waals surface area contributed by atoms with Crippen LogP contribution in [0.4, 0.5) is 0 Å². The highest BCUT2D eigenvalue weighted by molar-refractivity contribution is 7.45. The molecule has 0 aliphatic carbocycles. The normalized spacial score (nSPS) is 25.0. The van der Waals surface area contributed by atoms with Gasteiger partial charge in [-0.15, -0.1) is 0 Å². The summed E-state index contributed by atoms with van der Waals surface area (Å²) in [7, 11) is -4.13. The Morgan fingerprint density at radius 3 is 1.61 bits per heavy atom. The Morgan fingerprint density at radius 1 is 0.710 bits per heavy atom. The van der Waals surface area contributed by atoms with Crippen molar-refractivity contribution >= 4 is 7.82 Å². The first-order chi connectivity index (χ1) is 15.1. The second kappa shape index (κ2) is 15.8. The number of phosphoric acid groups is 1. The molecule has 0 saturated carbocycles. The van der Waals surface area contributed by atoms with Gasteiger partial charge < -0.3 is 18.4 Å². The SMILES string of the molecule is CCCCCCCCCCCCCCCCOP(=O)([O-])OCC[N+]12CCC(CC1)CC2. The highest BCUT2D eigenvalue weighted by Crippen LogP contribution is 2.39. The summed E-state index contributed by atoms with van der Waals surface area (Å²) in [5.74, 6) is 0.917. The zero-order chi connectivity index (χ0) is 22.3. The number of quaternary nitrogens is 1. The van der Waals surface area contributed by atoms with Crippen LogP contribution in [0, 0.1) is 5.92 Å². The van der Waals surface area contributed by atoms with Crippen LogP contribution in [0.15, 0.2) is 0 Å². The van der Waals surface area contributed by atoms with Crippen LogP contribution >= 0.6 is 7.82 Å². The third-order valence-corrected chi connectivity index (χ3v) is 8.59. The summed E-state index contributed by atoms with van der Waals surface area (Å²) in [6.07, 6.45) is 21.9. The van der Waals surface area contributed by atoms with Crippen molar-refractivity contribution in [2.45, 2.75) is 116 Å². The van der Waals surface area contributed by atoms with E-state index in [4.69, 9.17) is 9.05 Å². The highest BCUT2D eigenvalue weighted by Gasteiger charge is 2.39. The van der Waals surface area contributed by atoms with Crippen molar-refractivity contribution in [3.05, 3.63) is 0 Å². The molecule has 3 fully saturated rings. The molecule has 6 heteroatoms. The van der Waals surface area contributed by atoms with Gasteiger partial charge in [-0.1, -0.05) is 90.4 Å². The Hall–Kier alpha value is 0.0700. The average Bonchev–Trinajstić information content (AvgIpc) is 2.77. The van der Waals surface area contributed by atoms with Crippen LogP contribution in [0.2, 0.25) is 0 Å². The lowest BCUT2D eigenvalue weighted by Gasteiger charge is -2.49. The molecule has 3 aliphatic heterocycles. The smallest absolute Gasteiger partial charge is 0.268 e. The third-order valence-electron chi connectivity index (χ3n) is 7.60. The van der Waals surface area contributed by atoms with Crippen LogP contribution in [0.3, 0.4) is 0 Å². The first-order valence-electron chi connectivity index (χ1n) is 13.5. The Morgan fingerprint density at radius 2 is 1.13 bits per heavy atom. The minimum Gasteiger partial charge on any atom is -0.756 e. The Bertz CT molecular complexity index is 480. The van der Waals surface area contributed by atoms with E-state index in [-0.39, 0.29) is 13.2 Å². The molecular weight excluding hydrogens is 409 g/mol. The summed E-state index contributed by atoms with van der Waals surface area (Å²) in [6, 6.07) is 0. The number of hydrogen-bond acceptors (Lipinski definition) is 4. The van der Waals surface area contributed by atoms with E-state index in [1.807, 2.05) is 0 Å². The largest absolute Gasteiger partial charge is 0.756 e. The highest BCUT2D eigenvalue weighted by atomic mass is 31.2. The number of unbranched alkanes of at least 4 members (excludes halogenated alkanes) is 13. The van der Waals surface area contributed by atoms with E-state index in [2.05, 4.69) is 6.92 Å². The van der Waals surface area contributed by atoms with Crippen molar-refractivity contribution in [1.29, 1.82) is 0 Å².